The summed E-state index contributed by atoms with van der Waals surface area (Å²) >= 11 is 0. The van der Waals surface area contributed by atoms with E-state index in [1.54, 1.807) is 26.8 Å². The van der Waals surface area contributed by atoms with Crippen LogP contribution in [0.15, 0.2) is 12.2 Å². The third kappa shape index (κ3) is 6.84. The van der Waals surface area contributed by atoms with Crippen LogP contribution >= 0.6 is 0 Å². The van der Waals surface area contributed by atoms with E-state index in [1.165, 1.54) is 19.1 Å². The lowest BCUT2D eigenvalue weighted by molar-refractivity contribution is -0.161. The zero-order valence-corrected chi connectivity index (χ0v) is 18.0. The van der Waals surface area contributed by atoms with Crippen LogP contribution in [-0.4, -0.2) is 54.8 Å². The molecule has 0 radical (unpaired) electrons. The van der Waals surface area contributed by atoms with Crippen LogP contribution in [0.4, 0.5) is 4.79 Å². The van der Waals surface area contributed by atoms with Crippen molar-refractivity contribution < 1.29 is 28.6 Å². The van der Waals surface area contributed by atoms with Crippen LogP contribution in [0.1, 0.15) is 66.2 Å². The second-order valence-corrected chi connectivity index (χ2v) is 8.07. The summed E-state index contributed by atoms with van der Waals surface area (Å²) in [4.78, 5) is 39.2. The second-order valence-electron chi connectivity index (χ2n) is 8.07. The number of ether oxygens (including phenoxy) is 3. The van der Waals surface area contributed by atoms with E-state index in [-0.39, 0.29) is 6.04 Å². The van der Waals surface area contributed by atoms with Gasteiger partial charge in [0.25, 0.3) is 0 Å². The first-order chi connectivity index (χ1) is 13.2. The van der Waals surface area contributed by atoms with E-state index in [1.807, 2.05) is 6.08 Å². The minimum absolute atomic E-state index is 0.154. The van der Waals surface area contributed by atoms with Gasteiger partial charge in [-0.2, -0.15) is 0 Å². The number of carbonyl (C=O) groups is 3. The maximum atomic E-state index is 13.0. The molecule has 1 heterocycles. The molecule has 0 fully saturated rings. The molecule has 0 aromatic rings. The van der Waals surface area contributed by atoms with Crippen LogP contribution in [0.5, 0.6) is 0 Å². The Morgan fingerprint density at radius 2 is 1.68 bits per heavy atom. The van der Waals surface area contributed by atoms with Crippen LogP contribution in [0.25, 0.3) is 0 Å². The fourth-order valence-corrected chi connectivity index (χ4v) is 3.37. The van der Waals surface area contributed by atoms with Gasteiger partial charge in [0.1, 0.15) is 5.60 Å². The smallest absolute Gasteiger partial charge is 0.411 e. The van der Waals surface area contributed by atoms with Gasteiger partial charge in [0.15, 0.2) is 5.92 Å². The molecule has 1 aliphatic heterocycles. The number of hydrogen-bond donors (Lipinski definition) is 0. The average Bonchev–Trinajstić information content (AvgIpc) is 2.63. The molecule has 0 aromatic heterocycles. The Bertz CT molecular complexity index is 550. The summed E-state index contributed by atoms with van der Waals surface area (Å²) in [6.07, 6.45) is 8.77. The first-order valence-corrected chi connectivity index (χ1v) is 9.99. The van der Waals surface area contributed by atoms with Crippen molar-refractivity contribution in [2.45, 2.75) is 83.9 Å². The van der Waals surface area contributed by atoms with Gasteiger partial charge in [-0.25, -0.2) is 4.79 Å². The molecular formula is C21H35NO6. The zero-order chi connectivity index (χ0) is 21.3. The molecule has 0 aromatic carbocycles. The van der Waals surface area contributed by atoms with Gasteiger partial charge >= 0.3 is 18.0 Å². The second kappa shape index (κ2) is 11.1. The highest BCUT2D eigenvalue weighted by Gasteiger charge is 2.45. The van der Waals surface area contributed by atoms with Crippen LogP contribution in [-0.2, 0) is 23.8 Å². The molecule has 0 bridgehead atoms. The molecule has 0 spiro atoms. The van der Waals surface area contributed by atoms with Crippen molar-refractivity contribution in [1.29, 1.82) is 0 Å². The standard InChI is InChI=1S/C21H35NO6/c1-7-8-9-10-12-15-13-11-14-16(17(18(23)26-5)19(24)27-6)22(15)20(25)28-21(2,3)4/h11,14-17H,7-10,12-13H2,1-6H3/t15-,16+/m0/s1. The third-order valence-corrected chi connectivity index (χ3v) is 4.70. The quantitative estimate of drug-likeness (QED) is 0.203. The van der Waals surface area contributed by atoms with Crippen molar-refractivity contribution in [3.05, 3.63) is 12.2 Å². The van der Waals surface area contributed by atoms with E-state index < -0.39 is 35.6 Å². The van der Waals surface area contributed by atoms with Crippen LogP contribution in [0.3, 0.4) is 0 Å². The Morgan fingerprint density at radius 3 is 2.18 bits per heavy atom. The Labute approximate surface area is 168 Å². The van der Waals surface area contributed by atoms with Crippen molar-refractivity contribution in [2.75, 3.05) is 14.2 Å². The van der Waals surface area contributed by atoms with Crippen molar-refractivity contribution in [1.82, 2.24) is 4.90 Å². The maximum absolute atomic E-state index is 13.0. The summed E-state index contributed by atoms with van der Waals surface area (Å²) in [5.41, 5.74) is -0.693. The predicted octanol–water partition coefficient (Wildman–Crippen LogP) is 3.85. The number of nitrogens with zero attached hydrogens (tertiary/aromatic N) is 1. The molecule has 160 valence electrons. The minimum Gasteiger partial charge on any atom is -0.468 e. The Kier molecular flexibility index (Phi) is 9.49. The van der Waals surface area contributed by atoms with Crippen molar-refractivity contribution in [3.8, 4) is 0 Å². The number of esters is 2. The summed E-state index contributed by atoms with van der Waals surface area (Å²) in [5.74, 6) is -2.72. The van der Waals surface area contributed by atoms with E-state index in [2.05, 4.69) is 6.92 Å². The molecule has 1 amide bonds. The monoisotopic (exact) mass is 397 g/mol. The van der Waals surface area contributed by atoms with Gasteiger partial charge in [0.2, 0.25) is 0 Å². The summed E-state index contributed by atoms with van der Waals surface area (Å²) in [6, 6.07) is -0.960. The largest absolute Gasteiger partial charge is 0.468 e. The molecule has 0 saturated carbocycles. The molecule has 1 rings (SSSR count). The Balaban J connectivity index is 3.19. The first kappa shape index (κ1) is 24.0. The van der Waals surface area contributed by atoms with Crippen molar-refractivity contribution in [2.24, 2.45) is 5.92 Å². The zero-order valence-electron chi connectivity index (χ0n) is 18.0. The molecule has 2 atom stereocenters. The molecule has 0 saturated heterocycles. The van der Waals surface area contributed by atoms with Gasteiger partial charge in [-0.1, -0.05) is 44.8 Å². The Hall–Kier alpha value is -2.05. The number of methoxy groups -OCH3 is 2. The van der Waals surface area contributed by atoms with Gasteiger partial charge in [-0.3, -0.25) is 14.5 Å². The van der Waals surface area contributed by atoms with Crippen LogP contribution in [0, 0.1) is 5.92 Å². The first-order valence-electron chi connectivity index (χ1n) is 9.99. The normalized spacial score (nSPS) is 19.5. The average molecular weight is 398 g/mol. The maximum Gasteiger partial charge on any atom is 0.411 e. The third-order valence-electron chi connectivity index (χ3n) is 4.70. The summed E-state index contributed by atoms with van der Waals surface area (Å²) < 4.78 is 15.2. The van der Waals surface area contributed by atoms with Gasteiger partial charge < -0.3 is 14.2 Å². The van der Waals surface area contributed by atoms with E-state index >= 15 is 0 Å². The topological polar surface area (TPSA) is 82.1 Å². The molecular weight excluding hydrogens is 362 g/mol. The van der Waals surface area contributed by atoms with E-state index in [4.69, 9.17) is 14.2 Å². The molecule has 0 aliphatic carbocycles. The number of rotatable bonds is 8. The molecule has 7 nitrogen and oxygen atoms in total. The molecule has 0 unspecified atom stereocenters. The number of hydrogen-bond acceptors (Lipinski definition) is 6. The van der Waals surface area contributed by atoms with E-state index in [0.29, 0.717) is 6.42 Å². The molecule has 7 heteroatoms. The number of amides is 1. The Morgan fingerprint density at radius 1 is 1.07 bits per heavy atom. The fraction of sp³-hybridized carbons (Fsp3) is 0.762. The van der Waals surface area contributed by atoms with E-state index in [9.17, 15) is 14.4 Å². The van der Waals surface area contributed by atoms with Gasteiger partial charge in [-0.05, 0) is 33.6 Å². The molecule has 1 aliphatic rings. The highest BCUT2D eigenvalue weighted by atomic mass is 16.6. The molecule has 28 heavy (non-hydrogen) atoms. The minimum atomic E-state index is -1.25. The lowest BCUT2D eigenvalue weighted by Gasteiger charge is -2.41. The fourth-order valence-electron chi connectivity index (χ4n) is 3.37. The van der Waals surface area contributed by atoms with Crippen LogP contribution < -0.4 is 0 Å². The highest BCUT2D eigenvalue weighted by molar-refractivity contribution is 5.96. The SMILES string of the molecule is CCCCCC[C@H]1CC=C[C@H](C(C(=O)OC)C(=O)OC)N1C(=O)OC(C)(C)C. The van der Waals surface area contributed by atoms with Crippen LogP contribution in [0.2, 0.25) is 0 Å². The molecule has 0 N–H and O–H groups in total. The van der Waals surface area contributed by atoms with E-state index in [0.717, 1.165) is 32.1 Å². The summed E-state index contributed by atoms with van der Waals surface area (Å²) in [5, 5.41) is 0. The summed E-state index contributed by atoms with van der Waals surface area (Å²) in [6.45, 7) is 7.50. The highest BCUT2D eigenvalue weighted by Crippen LogP contribution is 2.29. The lowest BCUT2D eigenvalue weighted by atomic mass is 9.90. The predicted molar refractivity (Wildman–Crippen MR) is 106 cm³/mol. The van der Waals surface area contributed by atoms with Gasteiger partial charge in [0.05, 0.1) is 20.3 Å². The lowest BCUT2D eigenvalue weighted by Crippen LogP contribution is -2.56. The van der Waals surface area contributed by atoms with Gasteiger partial charge in [-0.15, -0.1) is 0 Å². The van der Waals surface area contributed by atoms with Crippen molar-refractivity contribution >= 4 is 18.0 Å². The van der Waals surface area contributed by atoms with Gasteiger partial charge in [0, 0.05) is 6.04 Å². The number of carbonyl (C=O) groups excluding carboxylic acids is 3. The van der Waals surface area contributed by atoms with Crippen molar-refractivity contribution in [3.63, 3.8) is 0 Å². The summed E-state index contributed by atoms with van der Waals surface area (Å²) in [7, 11) is 2.43. The number of unbranched alkanes of at least 4 members (excludes halogenated alkanes) is 3.